The number of ether oxygens (including phenoxy) is 1. The third-order valence-electron chi connectivity index (χ3n) is 3.13. The lowest BCUT2D eigenvalue weighted by atomic mass is 10.0. The molecule has 0 atom stereocenters. The molecular weight excluding hydrogens is 244 g/mol. The highest BCUT2D eigenvalue weighted by atomic mass is 16.5. The number of pyridine rings is 1. The van der Waals surface area contributed by atoms with Gasteiger partial charge in [0.25, 0.3) is 5.89 Å². The van der Waals surface area contributed by atoms with Gasteiger partial charge in [-0.25, -0.2) is 4.98 Å². The van der Waals surface area contributed by atoms with Crippen LogP contribution in [-0.2, 0) is 11.3 Å². The number of nitrogens with one attached hydrogen (secondary N) is 1. The Morgan fingerprint density at radius 3 is 2.89 bits per heavy atom. The number of rotatable bonds is 4. The molecule has 19 heavy (non-hydrogen) atoms. The molecule has 3 rings (SSSR count). The predicted octanol–water partition coefficient (Wildman–Crippen LogP) is 1.32. The molecule has 2 aromatic heterocycles. The summed E-state index contributed by atoms with van der Waals surface area (Å²) in [6.45, 7) is 6.03. The van der Waals surface area contributed by atoms with Crippen molar-refractivity contribution in [3.05, 3.63) is 29.8 Å². The molecule has 2 aromatic rings. The molecule has 0 unspecified atom stereocenters. The molecule has 0 bridgehead atoms. The van der Waals surface area contributed by atoms with E-state index >= 15 is 0 Å². The van der Waals surface area contributed by atoms with Gasteiger partial charge in [-0.2, -0.15) is 4.98 Å². The quantitative estimate of drug-likeness (QED) is 0.893. The van der Waals surface area contributed by atoms with Gasteiger partial charge in [-0.15, -0.1) is 0 Å². The topological polar surface area (TPSA) is 73.1 Å². The second-order valence-corrected chi connectivity index (χ2v) is 5.02. The minimum atomic E-state index is -0.115. The van der Waals surface area contributed by atoms with E-state index in [4.69, 9.17) is 9.26 Å². The molecule has 0 aromatic carbocycles. The minimum Gasteiger partial charge on any atom is -0.363 e. The largest absolute Gasteiger partial charge is 0.363 e. The van der Waals surface area contributed by atoms with E-state index in [0.29, 0.717) is 24.0 Å². The van der Waals surface area contributed by atoms with Gasteiger partial charge in [0.15, 0.2) is 0 Å². The number of nitrogens with zero attached hydrogens (tertiary/aromatic N) is 3. The summed E-state index contributed by atoms with van der Waals surface area (Å²) < 4.78 is 10.9. The maximum Gasteiger partial charge on any atom is 0.253 e. The first-order valence-electron chi connectivity index (χ1n) is 6.26. The van der Waals surface area contributed by atoms with Gasteiger partial charge in [0, 0.05) is 18.8 Å². The Balaban J connectivity index is 1.69. The van der Waals surface area contributed by atoms with Crippen molar-refractivity contribution in [1.29, 1.82) is 0 Å². The second kappa shape index (κ2) is 4.71. The van der Waals surface area contributed by atoms with Crippen LogP contribution in [0.15, 0.2) is 22.7 Å². The van der Waals surface area contributed by atoms with Crippen LogP contribution in [0.4, 0.5) is 0 Å². The normalized spacial score (nSPS) is 17.2. The number of hydrogen-bond acceptors (Lipinski definition) is 6. The number of hydrogen-bond donors (Lipinski definition) is 1. The molecule has 1 N–H and O–H groups in total. The molecule has 0 spiro atoms. The maximum atomic E-state index is 5.75. The molecular formula is C13H16N4O2. The van der Waals surface area contributed by atoms with E-state index in [2.05, 4.69) is 27.4 Å². The molecule has 1 saturated heterocycles. The maximum absolute atomic E-state index is 5.75. The van der Waals surface area contributed by atoms with Gasteiger partial charge >= 0.3 is 0 Å². The van der Waals surface area contributed by atoms with Gasteiger partial charge in [0.1, 0.15) is 12.3 Å². The predicted molar refractivity (Wildman–Crippen MR) is 68.3 cm³/mol. The van der Waals surface area contributed by atoms with Crippen LogP contribution in [0.3, 0.4) is 0 Å². The molecule has 3 heterocycles. The summed E-state index contributed by atoms with van der Waals surface area (Å²) in [5, 5.41) is 7.10. The molecule has 0 radical (unpaired) electrons. The summed E-state index contributed by atoms with van der Waals surface area (Å²) in [7, 11) is 0. The summed E-state index contributed by atoms with van der Waals surface area (Å²) in [5.74, 6) is 0.977. The van der Waals surface area contributed by atoms with Crippen molar-refractivity contribution in [1.82, 2.24) is 20.4 Å². The number of aryl methyl sites for hydroxylation is 1. The van der Waals surface area contributed by atoms with Crippen molar-refractivity contribution in [3.63, 3.8) is 0 Å². The highest BCUT2D eigenvalue weighted by Crippen LogP contribution is 2.19. The molecule has 0 amide bonds. The van der Waals surface area contributed by atoms with E-state index in [0.717, 1.165) is 18.8 Å². The first kappa shape index (κ1) is 12.3. The first-order chi connectivity index (χ1) is 9.15. The Morgan fingerprint density at radius 1 is 1.37 bits per heavy atom. The fourth-order valence-electron chi connectivity index (χ4n) is 1.90. The zero-order valence-corrected chi connectivity index (χ0v) is 11.0. The molecule has 0 saturated carbocycles. The molecule has 1 aliphatic heterocycles. The van der Waals surface area contributed by atoms with E-state index in [-0.39, 0.29) is 5.60 Å². The van der Waals surface area contributed by atoms with Crippen LogP contribution in [0.5, 0.6) is 0 Å². The summed E-state index contributed by atoms with van der Waals surface area (Å²) in [5.41, 5.74) is 1.52. The average molecular weight is 260 g/mol. The van der Waals surface area contributed by atoms with Crippen molar-refractivity contribution in [3.8, 4) is 11.5 Å². The Kier molecular flexibility index (Phi) is 3.04. The minimum absolute atomic E-state index is 0.115. The fraction of sp³-hybridized carbons (Fsp3) is 0.462. The standard InChI is InChI=1S/C13H16N4O2/c1-9-4-3-5-10(15-9)12-16-11(19-17-12)6-18-13(2)7-14-8-13/h3-5,14H,6-8H2,1-2H3. The van der Waals surface area contributed by atoms with Gasteiger partial charge in [0.2, 0.25) is 5.82 Å². The highest BCUT2D eigenvalue weighted by molar-refractivity contribution is 5.47. The third-order valence-corrected chi connectivity index (χ3v) is 3.13. The van der Waals surface area contributed by atoms with E-state index in [1.807, 2.05) is 25.1 Å². The van der Waals surface area contributed by atoms with Crippen LogP contribution in [0.1, 0.15) is 18.5 Å². The Labute approximate surface area is 111 Å². The first-order valence-corrected chi connectivity index (χ1v) is 6.26. The van der Waals surface area contributed by atoms with Crippen LogP contribution < -0.4 is 5.32 Å². The lowest BCUT2D eigenvalue weighted by Crippen LogP contribution is -2.58. The van der Waals surface area contributed by atoms with E-state index in [1.165, 1.54) is 0 Å². The number of aromatic nitrogens is 3. The lowest BCUT2D eigenvalue weighted by Gasteiger charge is -2.38. The summed E-state index contributed by atoms with van der Waals surface area (Å²) in [6, 6.07) is 5.71. The van der Waals surface area contributed by atoms with Crippen LogP contribution in [0.2, 0.25) is 0 Å². The lowest BCUT2D eigenvalue weighted by molar-refractivity contribution is -0.0841. The van der Waals surface area contributed by atoms with Gasteiger partial charge in [-0.1, -0.05) is 11.2 Å². The second-order valence-electron chi connectivity index (χ2n) is 5.02. The van der Waals surface area contributed by atoms with Gasteiger partial charge in [-0.3, -0.25) is 0 Å². The summed E-state index contributed by atoms with van der Waals surface area (Å²) in [4.78, 5) is 8.65. The Bertz CT molecular complexity index is 578. The fourth-order valence-corrected chi connectivity index (χ4v) is 1.90. The highest BCUT2D eigenvalue weighted by Gasteiger charge is 2.33. The molecule has 6 heteroatoms. The molecule has 0 aliphatic carbocycles. The van der Waals surface area contributed by atoms with Crippen molar-refractivity contribution in [2.45, 2.75) is 26.1 Å². The average Bonchev–Trinajstić information content (AvgIpc) is 2.83. The van der Waals surface area contributed by atoms with Gasteiger partial charge in [0.05, 0.1) is 5.60 Å². The van der Waals surface area contributed by atoms with Gasteiger partial charge in [-0.05, 0) is 26.0 Å². The van der Waals surface area contributed by atoms with Crippen molar-refractivity contribution in [2.24, 2.45) is 0 Å². The van der Waals surface area contributed by atoms with Crippen LogP contribution >= 0.6 is 0 Å². The van der Waals surface area contributed by atoms with Crippen LogP contribution in [0, 0.1) is 6.92 Å². The van der Waals surface area contributed by atoms with Crippen LogP contribution in [0.25, 0.3) is 11.5 Å². The zero-order chi connectivity index (χ0) is 13.3. The molecule has 1 aliphatic rings. The van der Waals surface area contributed by atoms with Crippen LogP contribution in [-0.4, -0.2) is 33.8 Å². The van der Waals surface area contributed by atoms with Crippen molar-refractivity contribution in [2.75, 3.05) is 13.1 Å². The Hall–Kier alpha value is -1.79. The molecule has 100 valence electrons. The van der Waals surface area contributed by atoms with E-state index < -0.39 is 0 Å². The zero-order valence-electron chi connectivity index (χ0n) is 11.0. The molecule has 1 fully saturated rings. The van der Waals surface area contributed by atoms with Crippen molar-refractivity contribution >= 4 is 0 Å². The summed E-state index contributed by atoms with van der Waals surface area (Å²) in [6.07, 6.45) is 0. The smallest absolute Gasteiger partial charge is 0.253 e. The van der Waals surface area contributed by atoms with E-state index in [1.54, 1.807) is 0 Å². The third kappa shape index (κ3) is 2.64. The summed E-state index contributed by atoms with van der Waals surface area (Å²) >= 11 is 0. The van der Waals surface area contributed by atoms with Gasteiger partial charge < -0.3 is 14.6 Å². The SMILES string of the molecule is Cc1cccc(-c2noc(COC3(C)CNC3)n2)n1. The van der Waals surface area contributed by atoms with E-state index in [9.17, 15) is 0 Å². The molecule has 6 nitrogen and oxygen atoms in total. The Morgan fingerprint density at radius 2 is 2.21 bits per heavy atom. The monoisotopic (exact) mass is 260 g/mol. The van der Waals surface area contributed by atoms with Crippen molar-refractivity contribution < 1.29 is 9.26 Å².